The maximum absolute atomic E-state index is 16.0. The fourth-order valence-corrected chi connectivity index (χ4v) is 7.74. The number of nitrogens with two attached hydrogens (primary N) is 1. The molecule has 6 N–H and O–H groups in total. The predicted molar refractivity (Wildman–Crippen MR) is 158 cm³/mol. The molecule has 19 nitrogen and oxygen atoms in total. The number of phosphoric acid groups is 1. The van der Waals surface area contributed by atoms with Crippen LogP contribution in [0, 0.1) is 5.82 Å². The fourth-order valence-electron chi connectivity index (χ4n) is 5.37. The first-order chi connectivity index (χ1) is 21.3. The summed E-state index contributed by atoms with van der Waals surface area (Å²) < 4.78 is 78.8. The van der Waals surface area contributed by atoms with E-state index in [-0.39, 0.29) is 81.7 Å². The molecule has 10 atom stereocenters. The second kappa shape index (κ2) is 14.0. The Morgan fingerprint density at radius 3 is 2.49 bits per heavy atom. The van der Waals surface area contributed by atoms with Crippen LogP contribution < -0.4 is 11.3 Å². The smallest absolute Gasteiger partial charge is 0.387 e. The van der Waals surface area contributed by atoms with Gasteiger partial charge in [-0.1, -0.05) is 0 Å². The van der Waals surface area contributed by atoms with E-state index in [2.05, 4.69) is 24.9 Å². The van der Waals surface area contributed by atoms with Crippen LogP contribution in [0.15, 0.2) is 30.0 Å². The van der Waals surface area contributed by atoms with Gasteiger partial charge in [0.05, 0.1) is 25.9 Å². The molecule has 0 aromatic carbocycles. The van der Waals surface area contributed by atoms with Crippen molar-refractivity contribution < 1.29 is 55.8 Å². The van der Waals surface area contributed by atoms with Crippen LogP contribution in [0.5, 0.6) is 0 Å². The van der Waals surface area contributed by atoms with Gasteiger partial charge < -0.3 is 44.2 Å². The molecule has 3 fully saturated rings. The molecule has 3 aliphatic heterocycles. The van der Waals surface area contributed by atoms with Crippen LogP contribution in [0.4, 0.5) is 14.6 Å². The number of fused-ring (bicyclic) bond motifs is 5. The average Bonchev–Trinajstić information content (AvgIpc) is 3.71. The number of H-pyrrole nitrogens is 1. The van der Waals surface area contributed by atoms with E-state index < -0.39 is 93.7 Å². The van der Waals surface area contributed by atoms with Gasteiger partial charge in [-0.05, 0) is 11.8 Å². The number of nitrogens with one attached hydrogen (secondary N) is 1. The summed E-state index contributed by atoms with van der Waals surface area (Å²) in [6, 6.07) is 0. The third-order valence-electron chi connectivity index (χ3n) is 7.40. The van der Waals surface area contributed by atoms with Crippen molar-refractivity contribution in [2.24, 2.45) is 0 Å². The molecule has 7 rings (SSSR count). The number of hydrogen-bond acceptors (Lipinski definition) is 15. The number of alkyl halides is 1. The van der Waals surface area contributed by atoms with Gasteiger partial charge in [-0.2, -0.15) is 0 Å². The largest absolute Gasteiger partial charge is 0.472 e. The number of phosphoric ester groups is 1. The van der Waals surface area contributed by atoms with E-state index in [4.69, 9.17) is 45.1 Å². The second-order valence-corrected chi connectivity index (χ2v) is 14.3. The SMILES string of the molecule is Nc1ncnc2c1ncn2[C@@H]1O[C@@H]2COP(=O)(O)O[C@@H]3[C@H](O)[C@@H](COP(O)(=S)O[C@H]2[C@H]1F)O[C@H]3n1cc(F)c2c(=O)[nH]cnc21.[Na].[Na]. The summed E-state index contributed by atoms with van der Waals surface area (Å²) in [7, 11) is -5.15. The molecule has 2 bridgehead atoms. The van der Waals surface area contributed by atoms with E-state index in [9.17, 15) is 28.6 Å². The molecule has 2 radical (unpaired) electrons. The Morgan fingerprint density at radius 2 is 1.72 bits per heavy atom. The molecule has 2 unspecified atom stereocenters. The molecule has 4 aromatic rings. The number of ether oxygens (including phenoxy) is 2. The molecule has 0 saturated carbocycles. The third-order valence-corrected chi connectivity index (χ3v) is 9.94. The Hall–Kier alpha value is -0.850. The van der Waals surface area contributed by atoms with Crippen molar-refractivity contribution >= 4 is 113 Å². The number of aliphatic hydroxyl groups excluding tert-OH is 1. The summed E-state index contributed by atoms with van der Waals surface area (Å²) in [5.41, 5.74) is 5.00. The van der Waals surface area contributed by atoms with Gasteiger partial charge in [0.25, 0.3) is 5.56 Å². The minimum atomic E-state index is -5.15. The zero-order chi connectivity index (χ0) is 31.8. The molecule has 3 aliphatic rings. The van der Waals surface area contributed by atoms with Gasteiger partial charge in [-0.15, -0.1) is 0 Å². The van der Waals surface area contributed by atoms with E-state index in [1.54, 1.807) is 0 Å². The van der Waals surface area contributed by atoms with Crippen molar-refractivity contribution in [2.45, 2.75) is 49.1 Å². The summed E-state index contributed by atoms with van der Waals surface area (Å²) in [6.45, 7) is -5.90. The normalized spacial score (nSPS) is 36.1. The van der Waals surface area contributed by atoms with Gasteiger partial charge in [-0.3, -0.25) is 22.9 Å². The van der Waals surface area contributed by atoms with Gasteiger partial charge >= 0.3 is 14.5 Å². The molecule has 0 amide bonds. The summed E-state index contributed by atoms with van der Waals surface area (Å²) >= 11 is 5.10. The van der Waals surface area contributed by atoms with Gasteiger partial charge in [0, 0.05) is 65.3 Å². The molecule has 47 heavy (non-hydrogen) atoms. The number of aromatic amines is 1. The molecule has 0 spiro atoms. The minimum absolute atomic E-state index is 0. The standard InChI is InChI=1S/C21H22F2N8O11P2S.2Na/c22-7-1-30(17-10(7)19(33)28-5-26-17)21-15-13(32)8(39-21)2-38-44(36,45)42-14-9(3-37-43(34,35)41-15)40-20(11(14)23)31-6-29-12-16(24)25-4-27-18(12)31;;/h1,4-6,8-9,11,13-15,20-21,32H,2-3H2,(H,34,35)(H,36,45)(H2,24,25,27)(H,26,28,33);;/t8-,9-,11-,13-,14-,15-,20-,21-,44?;;/m1../s1. The summed E-state index contributed by atoms with van der Waals surface area (Å²) in [6.07, 6.45) is -9.21. The van der Waals surface area contributed by atoms with E-state index >= 15 is 4.39 Å². The molecule has 244 valence electrons. The molecular weight excluding hydrogens is 718 g/mol. The Kier molecular flexibility index (Phi) is 11.2. The maximum Gasteiger partial charge on any atom is 0.472 e. The number of nitrogens with zero attached hydrogens (tertiary/aromatic N) is 6. The monoisotopic (exact) mass is 740 g/mol. The van der Waals surface area contributed by atoms with Gasteiger partial charge in [0.15, 0.2) is 41.6 Å². The zero-order valence-electron chi connectivity index (χ0n) is 24.3. The van der Waals surface area contributed by atoms with Crippen molar-refractivity contribution in [3.05, 3.63) is 41.3 Å². The quantitative estimate of drug-likeness (QED) is 0.124. The van der Waals surface area contributed by atoms with Crippen molar-refractivity contribution in [3.8, 4) is 0 Å². The van der Waals surface area contributed by atoms with Crippen molar-refractivity contribution in [1.82, 2.24) is 34.1 Å². The van der Waals surface area contributed by atoms with Crippen molar-refractivity contribution in [2.75, 3.05) is 18.9 Å². The second-order valence-electron chi connectivity index (χ2n) is 10.1. The predicted octanol–water partition coefficient (Wildman–Crippen LogP) is -0.848. The van der Waals surface area contributed by atoms with Crippen molar-refractivity contribution in [3.63, 3.8) is 0 Å². The Morgan fingerprint density at radius 1 is 1.00 bits per heavy atom. The van der Waals surface area contributed by atoms with Gasteiger partial charge in [0.1, 0.15) is 47.8 Å². The molecular formula is C21H22F2N8Na2O11P2S. The summed E-state index contributed by atoms with van der Waals surface area (Å²) in [4.78, 5) is 51.9. The van der Waals surface area contributed by atoms with E-state index in [0.717, 1.165) is 23.4 Å². The number of hydrogen-bond donors (Lipinski definition) is 5. The van der Waals surface area contributed by atoms with Crippen LogP contribution in [0.3, 0.4) is 0 Å². The Bertz CT molecular complexity index is 1960. The summed E-state index contributed by atoms with van der Waals surface area (Å²) in [5, 5.41) is 10.6. The number of anilines is 1. The van der Waals surface area contributed by atoms with Crippen molar-refractivity contribution in [1.29, 1.82) is 0 Å². The molecule has 4 aromatic heterocycles. The fraction of sp³-hybridized carbons (Fsp3) is 0.476. The number of nitrogen functional groups attached to an aromatic ring is 1. The van der Waals surface area contributed by atoms with Crippen LogP contribution in [0.2, 0.25) is 0 Å². The number of halogens is 2. The average molecular weight is 740 g/mol. The molecule has 7 heterocycles. The topological polar surface area (TPSA) is 253 Å². The molecule has 3 saturated heterocycles. The van der Waals surface area contributed by atoms with E-state index in [1.807, 2.05) is 0 Å². The Balaban J connectivity index is 0.00000217. The zero-order valence-corrected chi connectivity index (χ0v) is 30.9. The molecule has 26 heteroatoms. The summed E-state index contributed by atoms with van der Waals surface area (Å²) in [5.74, 6) is -0.991. The third kappa shape index (κ3) is 6.93. The maximum atomic E-state index is 16.0. The van der Waals surface area contributed by atoms with Crippen LogP contribution in [0.1, 0.15) is 12.5 Å². The number of rotatable bonds is 2. The minimum Gasteiger partial charge on any atom is -0.387 e. The van der Waals surface area contributed by atoms with E-state index in [0.29, 0.717) is 0 Å². The number of aliphatic hydroxyl groups is 1. The van der Waals surface area contributed by atoms with Gasteiger partial charge in [0.2, 0.25) is 0 Å². The molecule has 0 aliphatic carbocycles. The van der Waals surface area contributed by atoms with Crippen LogP contribution in [-0.4, -0.2) is 158 Å². The van der Waals surface area contributed by atoms with E-state index in [1.165, 1.54) is 10.9 Å². The van der Waals surface area contributed by atoms with Crippen LogP contribution >= 0.6 is 14.5 Å². The number of aromatic nitrogens is 7. The first-order valence-electron chi connectivity index (χ1n) is 12.9. The first kappa shape index (κ1) is 37.4. The first-order valence-corrected chi connectivity index (χ1v) is 17.0. The van der Waals surface area contributed by atoms with Crippen LogP contribution in [-0.2, 0) is 43.9 Å². The van der Waals surface area contributed by atoms with Gasteiger partial charge in [-0.25, -0.2) is 33.3 Å². The van der Waals surface area contributed by atoms with Crippen LogP contribution in [0.25, 0.3) is 22.2 Å². The number of imidazole rings is 1. The Labute approximate surface area is 310 Å².